The summed E-state index contributed by atoms with van der Waals surface area (Å²) in [5.74, 6) is -1.00. The molecule has 0 amide bonds. The predicted octanol–water partition coefficient (Wildman–Crippen LogP) is 1.46. The van der Waals surface area contributed by atoms with Gasteiger partial charge < -0.3 is 10.2 Å². The van der Waals surface area contributed by atoms with Gasteiger partial charge in [0, 0.05) is 0 Å². The van der Waals surface area contributed by atoms with Crippen LogP contribution < -0.4 is 0 Å². The summed E-state index contributed by atoms with van der Waals surface area (Å²) >= 11 is 0. The Hall–Kier alpha value is -0.870. The minimum absolute atomic E-state index is 0. The van der Waals surface area contributed by atoms with E-state index in [1.807, 2.05) is 0 Å². The first-order valence-electron chi connectivity index (χ1n) is 3.17. The lowest BCUT2D eigenvalue weighted by Crippen LogP contribution is -2.01. The molecule has 0 saturated heterocycles. The molecule has 0 unspecified atom stereocenters. The molecule has 1 aromatic rings. The number of aliphatic hydroxyl groups is 1. The van der Waals surface area contributed by atoms with Crippen LogP contribution in [0, 0.1) is 0 Å². The number of aromatic carboxylic acids is 1. The van der Waals surface area contributed by atoms with Gasteiger partial charge in [0.2, 0.25) is 0 Å². The molecule has 0 aromatic heterocycles. The van der Waals surface area contributed by atoms with Gasteiger partial charge in [0.1, 0.15) is 0 Å². The van der Waals surface area contributed by atoms with Crippen LogP contribution in [-0.2, 0) is 6.61 Å². The summed E-state index contributed by atoms with van der Waals surface area (Å²) < 4.78 is 0. The minimum Gasteiger partial charge on any atom is -0.478 e. The van der Waals surface area contributed by atoms with Crippen molar-refractivity contribution >= 4 is 23.0 Å². The molecule has 3 nitrogen and oxygen atoms in total. The zero-order valence-electron chi connectivity index (χ0n) is 6.23. The topological polar surface area (TPSA) is 57.5 Å². The highest BCUT2D eigenvalue weighted by molar-refractivity contribution is 8.93. The largest absolute Gasteiger partial charge is 0.478 e. The van der Waals surface area contributed by atoms with Crippen molar-refractivity contribution in [3.63, 3.8) is 0 Å². The number of rotatable bonds is 2. The Kier molecular flexibility index (Phi) is 4.54. The first kappa shape index (κ1) is 11.1. The Morgan fingerprint density at radius 2 is 1.92 bits per heavy atom. The third-order valence-electron chi connectivity index (χ3n) is 1.42. The van der Waals surface area contributed by atoms with E-state index in [9.17, 15) is 4.79 Å². The molecule has 4 heteroatoms. The molecule has 0 aliphatic rings. The number of halogens is 1. The van der Waals surface area contributed by atoms with E-state index in [-0.39, 0.29) is 29.2 Å². The monoisotopic (exact) mass is 232 g/mol. The SMILES string of the molecule is Br.O=C(O)c1ccccc1CO. The van der Waals surface area contributed by atoms with Crippen LogP contribution in [0.5, 0.6) is 0 Å². The maximum absolute atomic E-state index is 10.5. The summed E-state index contributed by atoms with van der Waals surface area (Å²) in [5.41, 5.74) is 0.606. The summed E-state index contributed by atoms with van der Waals surface area (Å²) in [6, 6.07) is 6.37. The second-order valence-electron chi connectivity index (χ2n) is 2.12. The summed E-state index contributed by atoms with van der Waals surface area (Å²) in [5, 5.41) is 17.3. The van der Waals surface area contributed by atoms with Crippen LogP contribution in [0.2, 0.25) is 0 Å². The molecule has 0 saturated carbocycles. The fraction of sp³-hybridized carbons (Fsp3) is 0.125. The minimum atomic E-state index is -1.00. The Balaban J connectivity index is 0.00000121. The number of benzene rings is 1. The van der Waals surface area contributed by atoms with Crippen LogP contribution in [0.25, 0.3) is 0 Å². The van der Waals surface area contributed by atoms with E-state index in [1.54, 1.807) is 18.2 Å². The Morgan fingerprint density at radius 3 is 2.33 bits per heavy atom. The van der Waals surface area contributed by atoms with Crippen LogP contribution in [0.4, 0.5) is 0 Å². The molecule has 0 atom stereocenters. The highest BCUT2D eigenvalue weighted by Crippen LogP contribution is 2.07. The van der Waals surface area contributed by atoms with Crippen molar-refractivity contribution in [2.24, 2.45) is 0 Å². The van der Waals surface area contributed by atoms with Gasteiger partial charge in [-0.1, -0.05) is 18.2 Å². The molecule has 0 spiro atoms. The zero-order chi connectivity index (χ0) is 8.27. The Labute approximate surface area is 80.4 Å². The molecule has 0 radical (unpaired) electrons. The normalized spacial score (nSPS) is 8.75. The predicted molar refractivity (Wildman–Crippen MR) is 49.6 cm³/mol. The highest BCUT2D eigenvalue weighted by atomic mass is 79.9. The molecule has 0 bridgehead atoms. The summed E-state index contributed by atoms with van der Waals surface area (Å²) in [6.07, 6.45) is 0. The standard InChI is InChI=1S/C8H8O3.BrH/c9-5-6-3-1-2-4-7(6)8(10)11;/h1-4,9H,5H2,(H,10,11);1H. The van der Waals surface area contributed by atoms with E-state index in [4.69, 9.17) is 10.2 Å². The second kappa shape index (κ2) is 4.90. The van der Waals surface area contributed by atoms with Gasteiger partial charge in [-0.15, -0.1) is 17.0 Å². The van der Waals surface area contributed by atoms with Gasteiger partial charge in [0.05, 0.1) is 12.2 Å². The van der Waals surface area contributed by atoms with E-state index >= 15 is 0 Å². The third kappa shape index (κ3) is 2.32. The van der Waals surface area contributed by atoms with E-state index in [0.29, 0.717) is 5.56 Å². The summed E-state index contributed by atoms with van der Waals surface area (Å²) in [7, 11) is 0. The van der Waals surface area contributed by atoms with Gasteiger partial charge in [-0.25, -0.2) is 4.79 Å². The number of carbonyl (C=O) groups is 1. The molecule has 2 N–H and O–H groups in total. The summed E-state index contributed by atoms with van der Waals surface area (Å²) in [4.78, 5) is 10.5. The molecule has 1 aromatic carbocycles. The van der Waals surface area contributed by atoms with Crippen molar-refractivity contribution in [2.75, 3.05) is 0 Å². The van der Waals surface area contributed by atoms with Gasteiger partial charge in [-0.2, -0.15) is 0 Å². The zero-order valence-corrected chi connectivity index (χ0v) is 7.94. The average molecular weight is 233 g/mol. The van der Waals surface area contributed by atoms with E-state index < -0.39 is 5.97 Å². The second-order valence-corrected chi connectivity index (χ2v) is 2.12. The van der Waals surface area contributed by atoms with Gasteiger partial charge >= 0.3 is 5.97 Å². The van der Waals surface area contributed by atoms with Gasteiger partial charge in [-0.05, 0) is 11.6 Å². The smallest absolute Gasteiger partial charge is 0.336 e. The number of carboxylic acid groups (broad SMARTS) is 1. The molecule has 0 aliphatic heterocycles. The molecular formula is C8H9BrO3. The molecule has 12 heavy (non-hydrogen) atoms. The molecule has 0 fully saturated rings. The van der Waals surface area contributed by atoms with Gasteiger partial charge in [0.15, 0.2) is 0 Å². The molecular weight excluding hydrogens is 224 g/mol. The average Bonchev–Trinajstić information content (AvgIpc) is 2.04. The van der Waals surface area contributed by atoms with E-state index in [0.717, 1.165) is 0 Å². The van der Waals surface area contributed by atoms with Crippen molar-refractivity contribution in [1.29, 1.82) is 0 Å². The highest BCUT2D eigenvalue weighted by Gasteiger charge is 2.06. The van der Waals surface area contributed by atoms with Crippen molar-refractivity contribution in [1.82, 2.24) is 0 Å². The molecule has 1 rings (SSSR count). The lowest BCUT2D eigenvalue weighted by atomic mass is 10.1. The first-order valence-corrected chi connectivity index (χ1v) is 3.17. The molecule has 0 heterocycles. The fourth-order valence-corrected chi connectivity index (χ4v) is 0.867. The molecule has 66 valence electrons. The number of aliphatic hydroxyl groups excluding tert-OH is 1. The maximum atomic E-state index is 10.5. The molecule has 0 aliphatic carbocycles. The maximum Gasteiger partial charge on any atom is 0.336 e. The van der Waals surface area contributed by atoms with Crippen LogP contribution in [0.15, 0.2) is 24.3 Å². The summed E-state index contributed by atoms with van der Waals surface area (Å²) in [6.45, 7) is -0.234. The van der Waals surface area contributed by atoms with Crippen molar-refractivity contribution in [2.45, 2.75) is 6.61 Å². The quantitative estimate of drug-likeness (QED) is 0.812. The number of hydrogen-bond donors (Lipinski definition) is 2. The van der Waals surface area contributed by atoms with Gasteiger partial charge in [0.25, 0.3) is 0 Å². The lowest BCUT2D eigenvalue weighted by molar-refractivity contribution is 0.0693. The van der Waals surface area contributed by atoms with Crippen LogP contribution in [-0.4, -0.2) is 16.2 Å². The number of carboxylic acids is 1. The van der Waals surface area contributed by atoms with Crippen LogP contribution in [0.1, 0.15) is 15.9 Å². The Bertz CT molecular complexity index is 273. The third-order valence-corrected chi connectivity index (χ3v) is 1.42. The van der Waals surface area contributed by atoms with E-state index in [2.05, 4.69) is 0 Å². The fourth-order valence-electron chi connectivity index (χ4n) is 0.867. The van der Waals surface area contributed by atoms with Crippen LogP contribution >= 0.6 is 17.0 Å². The van der Waals surface area contributed by atoms with E-state index in [1.165, 1.54) is 6.07 Å². The Morgan fingerprint density at radius 1 is 1.33 bits per heavy atom. The van der Waals surface area contributed by atoms with Crippen molar-refractivity contribution < 1.29 is 15.0 Å². The van der Waals surface area contributed by atoms with Crippen molar-refractivity contribution in [3.05, 3.63) is 35.4 Å². The lowest BCUT2D eigenvalue weighted by Gasteiger charge is -1.99. The van der Waals surface area contributed by atoms with Crippen molar-refractivity contribution in [3.8, 4) is 0 Å². The number of hydrogen-bond acceptors (Lipinski definition) is 2. The van der Waals surface area contributed by atoms with Crippen LogP contribution in [0.3, 0.4) is 0 Å². The van der Waals surface area contributed by atoms with Gasteiger partial charge in [-0.3, -0.25) is 0 Å². The first-order chi connectivity index (χ1) is 5.25.